The summed E-state index contributed by atoms with van der Waals surface area (Å²) in [6.45, 7) is 6.82. The molecule has 2 atom stereocenters. The highest BCUT2D eigenvalue weighted by Crippen LogP contribution is 2.26. The van der Waals surface area contributed by atoms with Crippen molar-refractivity contribution < 1.29 is 19.0 Å². The van der Waals surface area contributed by atoms with Gasteiger partial charge in [0, 0.05) is 11.6 Å². The van der Waals surface area contributed by atoms with Crippen LogP contribution in [-0.4, -0.2) is 23.2 Å². The van der Waals surface area contributed by atoms with Crippen molar-refractivity contribution in [2.45, 2.75) is 45.9 Å². The predicted octanol–water partition coefficient (Wildman–Crippen LogP) is 2.17. The summed E-state index contributed by atoms with van der Waals surface area (Å²) >= 11 is 0. The number of carbonyl (C=O) groups is 1. The molecular weight excluding hydrogens is 249 g/mol. The highest BCUT2D eigenvalue weighted by molar-refractivity contribution is 5.80. The molecule has 0 spiro atoms. The predicted molar refractivity (Wildman–Crippen MR) is 70.4 cm³/mol. The fraction of sp³-hybridized carbons (Fsp3) is 0.500. The Morgan fingerprint density at radius 3 is 2.47 bits per heavy atom. The Morgan fingerprint density at radius 2 is 1.95 bits per heavy atom. The van der Waals surface area contributed by atoms with Gasteiger partial charge >= 0.3 is 0 Å². The van der Waals surface area contributed by atoms with E-state index in [0.717, 1.165) is 0 Å². The van der Waals surface area contributed by atoms with E-state index in [1.165, 1.54) is 25.1 Å². The number of carbonyl (C=O) groups excluding carboxylic acids is 1. The second kappa shape index (κ2) is 6.52. The largest absolute Gasteiger partial charge is 0.481 e. The molecule has 0 aliphatic rings. The highest BCUT2D eigenvalue weighted by Gasteiger charge is 2.18. The van der Waals surface area contributed by atoms with E-state index in [9.17, 15) is 14.3 Å². The van der Waals surface area contributed by atoms with Gasteiger partial charge in [-0.2, -0.15) is 0 Å². The first kappa shape index (κ1) is 15.4. The number of nitrogens with one attached hydrogen (secondary N) is 1. The van der Waals surface area contributed by atoms with E-state index in [4.69, 9.17) is 4.74 Å². The van der Waals surface area contributed by atoms with Gasteiger partial charge in [0.25, 0.3) is 5.91 Å². The second-order valence-corrected chi connectivity index (χ2v) is 4.78. The van der Waals surface area contributed by atoms with Crippen molar-refractivity contribution in [2.75, 3.05) is 0 Å². The van der Waals surface area contributed by atoms with E-state index in [1.807, 2.05) is 13.8 Å². The van der Waals surface area contributed by atoms with Crippen LogP contribution >= 0.6 is 0 Å². The molecular formula is C14H20FNO3. The lowest BCUT2D eigenvalue weighted by Crippen LogP contribution is -2.40. The van der Waals surface area contributed by atoms with Gasteiger partial charge in [-0.15, -0.1) is 0 Å². The molecule has 0 saturated carbocycles. The number of aliphatic hydroxyl groups is 1. The van der Waals surface area contributed by atoms with E-state index >= 15 is 0 Å². The van der Waals surface area contributed by atoms with Gasteiger partial charge in [0.05, 0.1) is 6.10 Å². The Hall–Kier alpha value is -1.62. The van der Waals surface area contributed by atoms with Crippen LogP contribution < -0.4 is 10.1 Å². The van der Waals surface area contributed by atoms with Crippen LogP contribution in [0.1, 0.15) is 39.4 Å². The minimum atomic E-state index is -0.869. The first-order chi connectivity index (χ1) is 8.81. The van der Waals surface area contributed by atoms with Crippen LogP contribution in [0.2, 0.25) is 0 Å². The van der Waals surface area contributed by atoms with Gasteiger partial charge in [-0.25, -0.2) is 4.39 Å². The fourth-order valence-electron chi connectivity index (χ4n) is 1.60. The van der Waals surface area contributed by atoms with Gasteiger partial charge in [0.15, 0.2) is 6.10 Å². The van der Waals surface area contributed by atoms with Gasteiger partial charge in [0.2, 0.25) is 0 Å². The van der Waals surface area contributed by atoms with Crippen LogP contribution in [0.25, 0.3) is 0 Å². The molecule has 0 aliphatic carbocycles. The quantitative estimate of drug-likeness (QED) is 0.861. The summed E-state index contributed by atoms with van der Waals surface area (Å²) < 4.78 is 18.6. The standard InChI is InChI=1S/C14H20FNO3/c1-8(2)16-14(18)10(4)19-13-6-5-11(15)7-12(13)9(3)17/h5-10,17H,1-4H3,(H,16,18)/t9-,10?/m1/s1. The molecule has 1 aromatic carbocycles. The Bertz CT molecular complexity index is 446. The summed E-state index contributed by atoms with van der Waals surface area (Å²) in [6.07, 6.45) is -1.59. The lowest BCUT2D eigenvalue weighted by atomic mass is 10.1. The minimum absolute atomic E-state index is 0.0167. The molecule has 0 aromatic heterocycles. The number of benzene rings is 1. The molecule has 0 heterocycles. The Morgan fingerprint density at radius 1 is 1.32 bits per heavy atom. The fourth-order valence-corrected chi connectivity index (χ4v) is 1.60. The maximum atomic E-state index is 13.1. The molecule has 1 unspecified atom stereocenters. The SMILES string of the molecule is CC(C)NC(=O)C(C)Oc1ccc(F)cc1[C@@H](C)O. The molecule has 2 N–H and O–H groups in total. The van der Waals surface area contributed by atoms with Crippen molar-refractivity contribution in [1.82, 2.24) is 5.32 Å². The summed E-state index contributed by atoms with van der Waals surface area (Å²) in [5, 5.41) is 12.3. The molecule has 0 radical (unpaired) electrons. The van der Waals surface area contributed by atoms with E-state index in [1.54, 1.807) is 6.92 Å². The van der Waals surface area contributed by atoms with Crippen molar-refractivity contribution in [3.05, 3.63) is 29.6 Å². The smallest absolute Gasteiger partial charge is 0.260 e. The molecule has 4 nitrogen and oxygen atoms in total. The molecule has 1 amide bonds. The summed E-state index contributed by atoms with van der Waals surface area (Å²) in [4.78, 5) is 11.7. The number of hydrogen-bond donors (Lipinski definition) is 2. The van der Waals surface area contributed by atoms with E-state index in [0.29, 0.717) is 11.3 Å². The Balaban J connectivity index is 2.84. The first-order valence-corrected chi connectivity index (χ1v) is 6.25. The van der Waals surface area contributed by atoms with Gasteiger partial charge in [0.1, 0.15) is 11.6 Å². The zero-order chi connectivity index (χ0) is 14.6. The maximum absolute atomic E-state index is 13.1. The topological polar surface area (TPSA) is 58.6 Å². The molecule has 0 bridgehead atoms. The number of halogens is 1. The number of rotatable bonds is 5. The Labute approximate surface area is 112 Å². The van der Waals surface area contributed by atoms with Crippen molar-refractivity contribution >= 4 is 5.91 Å². The Kier molecular flexibility index (Phi) is 5.30. The molecule has 19 heavy (non-hydrogen) atoms. The van der Waals surface area contributed by atoms with Gasteiger partial charge in [-0.1, -0.05) is 0 Å². The normalized spacial score (nSPS) is 14.1. The maximum Gasteiger partial charge on any atom is 0.260 e. The van der Waals surface area contributed by atoms with Crippen LogP contribution in [0, 0.1) is 5.82 Å². The minimum Gasteiger partial charge on any atom is -0.481 e. The molecule has 5 heteroatoms. The molecule has 106 valence electrons. The summed E-state index contributed by atoms with van der Waals surface area (Å²) in [6, 6.07) is 3.86. The molecule has 1 aromatic rings. The summed E-state index contributed by atoms with van der Waals surface area (Å²) in [5.41, 5.74) is 0.323. The molecule has 0 fully saturated rings. The zero-order valence-corrected chi connectivity index (χ0v) is 11.6. The average Bonchev–Trinajstić information content (AvgIpc) is 2.30. The number of aliphatic hydroxyl groups excluding tert-OH is 1. The van der Waals surface area contributed by atoms with Crippen molar-refractivity contribution in [1.29, 1.82) is 0 Å². The van der Waals surface area contributed by atoms with Gasteiger partial charge in [-0.05, 0) is 45.9 Å². The lowest BCUT2D eigenvalue weighted by Gasteiger charge is -2.19. The van der Waals surface area contributed by atoms with Crippen molar-refractivity contribution in [3.8, 4) is 5.75 Å². The molecule has 0 saturated heterocycles. The van der Waals surface area contributed by atoms with Gasteiger partial charge < -0.3 is 15.2 Å². The average molecular weight is 269 g/mol. The summed E-state index contributed by atoms with van der Waals surface area (Å²) in [7, 11) is 0. The van der Waals surface area contributed by atoms with Crippen LogP contribution in [0.3, 0.4) is 0 Å². The zero-order valence-electron chi connectivity index (χ0n) is 11.6. The van der Waals surface area contributed by atoms with Crippen LogP contribution in [0.4, 0.5) is 4.39 Å². The first-order valence-electron chi connectivity index (χ1n) is 6.25. The summed E-state index contributed by atoms with van der Waals surface area (Å²) in [5.74, 6) is -0.402. The van der Waals surface area contributed by atoms with E-state index in [-0.39, 0.29) is 11.9 Å². The number of amides is 1. The third-order valence-corrected chi connectivity index (χ3v) is 2.53. The second-order valence-electron chi connectivity index (χ2n) is 4.78. The highest BCUT2D eigenvalue weighted by atomic mass is 19.1. The van der Waals surface area contributed by atoms with Crippen LogP contribution in [0.15, 0.2) is 18.2 Å². The van der Waals surface area contributed by atoms with Crippen LogP contribution in [0.5, 0.6) is 5.75 Å². The lowest BCUT2D eigenvalue weighted by molar-refractivity contribution is -0.127. The molecule has 0 aliphatic heterocycles. The van der Waals surface area contributed by atoms with Crippen molar-refractivity contribution in [2.24, 2.45) is 0 Å². The van der Waals surface area contributed by atoms with E-state index in [2.05, 4.69) is 5.32 Å². The van der Waals surface area contributed by atoms with E-state index < -0.39 is 18.0 Å². The number of hydrogen-bond acceptors (Lipinski definition) is 3. The van der Waals surface area contributed by atoms with Crippen molar-refractivity contribution in [3.63, 3.8) is 0 Å². The van der Waals surface area contributed by atoms with Crippen LogP contribution in [-0.2, 0) is 4.79 Å². The third kappa shape index (κ3) is 4.52. The third-order valence-electron chi connectivity index (χ3n) is 2.53. The van der Waals surface area contributed by atoms with Gasteiger partial charge in [-0.3, -0.25) is 4.79 Å². The number of ether oxygens (including phenoxy) is 1. The molecule has 1 rings (SSSR count). The monoisotopic (exact) mass is 269 g/mol.